The van der Waals surface area contributed by atoms with Gasteiger partial charge in [0.15, 0.2) is 0 Å². The van der Waals surface area contributed by atoms with Crippen molar-refractivity contribution in [2.24, 2.45) is 0 Å². The Kier molecular flexibility index (Phi) is 4.21. The number of carbonyl (C=O) groups is 2. The lowest BCUT2D eigenvalue weighted by Gasteiger charge is -2.21. The first-order valence-corrected chi connectivity index (χ1v) is 6.71. The molecule has 1 aliphatic rings. The van der Waals surface area contributed by atoms with Crippen LogP contribution in [0.3, 0.4) is 0 Å². The Bertz CT molecular complexity index is 505. The number of hydrogen-bond acceptors (Lipinski definition) is 3. The molecule has 1 aromatic rings. The van der Waals surface area contributed by atoms with E-state index in [0.29, 0.717) is 0 Å². The molecule has 0 radical (unpaired) electrons. The lowest BCUT2D eigenvalue weighted by atomic mass is 10.1. The van der Waals surface area contributed by atoms with Crippen molar-refractivity contribution in [1.82, 2.24) is 4.90 Å². The normalized spacial score (nSPS) is 22.5. The molecule has 19 heavy (non-hydrogen) atoms. The third-order valence-electron chi connectivity index (χ3n) is 3.13. The molecular weight excluding hydrogens is 314 g/mol. The molecule has 1 saturated heterocycles. The van der Waals surface area contributed by atoms with Gasteiger partial charge in [-0.15, -0.1) is 0 Å². The number of carboxylic acid groups (broad SMARTS) is 1. The Balaban J connectivity index is 2.09. The molecule has 1 heterocycles. The minimum absolute atomic E-state index is 0.0871. The third-order valence-corrected chi connectivity index (χ3v) is 3.62. The summed E-state index contributed by atoms with van der Waals surface area (Å²) in [6.45, 7) is 0.0871. The van der Waals surface area contributed by atoms with Crippen LogP contribution in [0.2, 0.25) is 0 Å². The second-order valence-electron chi connectivity index (χ2n) is 4.60. The zero-order valence-corrected chi connectivity index (χ0v) is 11.7. The van der Waals surface area contributed by atoms with Crippen molar-refractivity contribution >= 4 is 27.8 Å². The van der Waals surface area contributed by atoms with E-state index in [2.05, 4.69) is 15.9 Å². The Labute approximate surface area is 119 Å². The van der Waals surface area contributed by atoms with Crippen LogP contribution < -0.4 is 0 Å². The second kappa shape index (κ2) is 5.71. The fourth-order valence-electron chi connectivity index (χ4n) is 2.25. The molecule has 1 aromatic carbocycles. The van der Waals surface area contributed by atoms with Crippen LogP contribution >= 0.6 is 15.9 Å². The zero-order chi connectivity index (χ0) is 14.0. The molecule has 2 rings (SSSR count). The molecular formula is C13H14BrNO4. The average Bonchev–Trinajstić information content (AvgIpc) is 2.71. The summed E-state index contributed by atoms with van der Waals surface area (Å²) in [6, 6.07) is 6.38. The number of nitrogens with zero attached hydrogens (tertiary/aromatic N) is 1. The van der Waals surface area contributed by atoms with Gasteiger partial charge in [0.1, 0.15) is 6.04 Å². The Morgan fingerprint density at radius 1 is 1.42 bits per heavy atom. The number of rotatable bonds is 3. The molecule has 0 aromatic heterocycles. The molecule has 0 saturated carbocycles. The van der Waals surface area contributed by atoms with Gasteiger partial charge in [-0.1, -0.05) is 28.1 Å². The monoisotopic (exact) mass is 327 g/mol. The van der Waals surface area contributed by atoms with Crippen molar-refractivity contribution in [2.75, 3.05) is 6.54 Å². The molecule has 1 amide bonds. The standard InChI is InChI=1S/C13H14BrNO4/c14-9-3-1-2-8(4-9)5-12(17)15-7-10(16)6-11(15)13(18)19/h1-4,10-11,16H,5-7H2,(H,18,19)/t10-,11-/m1/s1. The summed E-state index contributed by atoms with van der Waals surface area (Å²) >= 11 is 3.32. The largest absolute Gasteiger partial charge is 0.480 e. The minimum Gasteiger partial charge on any atom is -0.480 e. The SMILES string of the molecule is O=C(O)[C@H]1C[C@@H](O)CN1C(=O)Cc1cccc(Br)c1. The number of carbonyl (C=O) groups excluding carboxylic acids is 1. The molecule has 0 spiro atoms. The van der Waals surface area contributed by atoms with E-state index in [9.17, 15) is 14.7 Å². The predicted octanol–water partition coefficient (Wildman–Crippen LogP) is 1.04. The maximum Gasteiger partial charge on any atom is 0.326 e. The molecule has 0 unspecified atom stereocenters. The van der Waals surface area contributed by atoms with Crippen LogP contribution in [0.15, 0.2) is 28.7 Å². The molecule has 2 atom stereocenters. The van der Waals surface area contributed by atoms with Crippen LogP contribution in [-0.4, -0.2) is 45.7 Å². The van der Waals surface area contributed by atoms with Crippen molar-refractivity contribution < 1.29 is 19.8 Å². The number of hydrogen-bond donors (Lipinski definition) is 2. The van der Waals surface area contributed by atoms with Gasteiger partial charge in [0.2, 0.25) is 5.91 Å². The van der Waals surface area contributed by atoms with E-state index in [4.69, 9.17) is 5.11 Å². The van der Waals surface area contributed by atoms with Crippen LogP contribution in [0, 0.1) is 0 Å². The third kappa shape index (κ3) is 3.33. The highest BCUT2D eigenvalue weighted by Gasteiger charge is 2.38. The Hall–Kier alpha value is -1.40. The lowest BCUT2D eigenvalue weighted by Crippen LogP contribution is -2.41. The summed E-state index contributed by atoms with van der Waals surface area (Å²) in [7, 11) is 0. The number of halogens is 1. The van der Waals surface area contributed by atoms with E-state index in [0.717, 1.165) is 10.0 Å². The molecule has 0 bridgehead atoms. The highest BCUT2D eigenvalue weighted by atomic mass is 79.9. The van der Waals surface area contributed by atoms with Gasteiger partial charge >= 0.3 is 5.97 Å². The molecule has 5 nitrogen and oxygen atoms in total. The van der Waals surface area contributed by atoms with Crippen molar-refractivity contribution in [3.63, 3.8) is 0 Å². The van der Waals surface area contributed by atoms with Crippen molar-refractivity contribution in [2.45, 2.75) is 25.0 Å². The highest BCUT2D eigenvalue weighted by molar-refractivity contribution is 9.10. The first-order chi connectivity index (χ1) is 8.97. The van der Waals surface area contributed by atoms with E-state index in [-0.39, 0.29) is 25.3 Å². The van der Waals surface area contributed by atoms with Crippen LogP contribution in [0.5, 0.6) is 0 Å². The van der Waals surface area contributed by atoms with Crippen LogP contribution in [0.25, 0.3) is 0 Å². The van der Waals surface area contributed by atoms with Crippen LogP contribution in [0.4, 0.5) is 0 Å². The summed E-state index contributed by atoms with van der Waals surface area (Å²) in [5.41, 5.74) is 0.810. The fraction of sp³-hybridized carbons (Fsp3) is 0.385. The quantitative estimate of drug-likeness (QED) is 0.869. The Morgan fingerprint density at radius 2 is 2.16 bits per heavy atom. The topological polar surface area (TPSA) is 77.8 Å². The summed E-state index contributed by atoms with van der Waals surface area (Å²) in [5.74, 6) is -1.35. The number of aliphatic carboxylic acids is 1. The van der Waals surface area contributed by atoms with Gasteiger partial charge < -0.3 is 15.1 Å². The molecule has 2 N–H and O–H groups in total. The van der Waals surface area contributed by atoms with Gasteiger partial charge in [-0.3, -0.25) is 4.79 Å². The fourth-order valence-corrected chi connectivity index (χ4v) is 2.69. The maximum atomic E-state index is 12.1. The Morgan fingerprint density at radius 3 is 2.79 bits per heavy atom. The van der Waals surface area contributed by atoms with Crippen LogP contribution in [-0.2, 0) is 16.0 Å². The second-order valence-corrected chi connectivity index (χ2v) is 5.51. The highest BCUT2D eigenvalue weighted by Crippen LogP contribution is 2.20. The lowest BCUT2D eigenvalue weighted by molar-refractivity contribution is -0.148. The number of amides is 1. The van der Waals surface area contributed by atoms with Crippen molar-refractivity contribution in [1.29, 1.82) is 0 Å². The summed E-state index contributed by atoms with van der Waals surface area (Å²) in [4.78, 5) is 24.4. The summed E-state index contributed by atoms with van der Waals surface area (Å²) in [6.07, 6.45) is -0.525. The van der Waals surface area contributed by atoms with Gasteiger partial charge in [0.25, 0.3) is 0 Å². The van der Waals surface area contributed by atoms with Crippen LogP contribution in [0.1, 0.15) is 12.0 Å². The molecule has 6 heteroatoms. The number of benzene rings is 1. The number of aliphatic hydroxyl groups excluding tert-OH is 1. The average molecular weight is 328 g/mol. The summed E-state index contributed by atoms with van der Waals surface area (Å²) < 4.78 is 0.869. The summed E-state index contributed by atoms with van der Waals surface area (Å²) in [5, 5.41) is 18.6. The smallest absolute Gasteiger partial charge is 0.326 e. The zero-order valence-electron chi connectivity index (χ0n) is 10.1. The van der Waals surface area contributed by atoms with Gasteiger partial charge in [-0.05, 0) is 17.7 Å². The van der Waals surface area contributed by atoms with E-state index in [1.807, 2.05) is 24.3 Å². The van der Waals surface area contributed by atoms with Crippen molar-refractivity contribution in [3.05, 3.63) is 34.3 Å². The number of likely N-dealkylation sites (tertiary alicyclic amines) is 1. The van der Waals surface area contributed by atoms with E-state index in [1.54, 1.807) is 0 Å². The molecule has 102 valence electrons. The number of β-amino-alcohol motifs (C(OH)–C–C–N with tert-alkyl or cyclic N) is 1. The number of carboxylic acids is 1. The van der Waals surface area contributed by atoms with E-state index in [1.165, 1.54) is 4.90 Å². The minimum atomic E-state index is -1.07. The molecule has 1 fully saturated rings. The first-order valence-electron chi connectivity index (χ1n) is 5.92. The van der Waals surface area contributed by atoms with Gasteiger partial charge in [-0.2, -0.15) is 0 Å². The predicted molar refractivity (Wildman–Crippen MR) is 71.6 cm³/mol. The van der Waals surface area contributed by atoms with E-state index < -0.39 is 18.1 Å². The van der Waals surface area contributed by atoms with Gasteiger partial charge in [0, 0.05) is 17.4 Å². The maximum absolute atomic E-state index is 12.1. The first kappa shape index (κ1) is 14.0. The van der Waals surface area contributed by atoms with Gasteiger partial charge in [-0.25, -0.2) is 4.79 Å². The van der Waals surface area contributed by atoms with Crippen molar-refractivity contribution in [3.8, 4) is 0 Å². The van der Waals surface area contributed by atoms with Gasteiger partial charge in [0.05, 0.1) is 12.5 Å². The van der Waals surface area contributed by atoms with E-state index >= 15 is 0 Å². The molecule has 1 aliphatic heterocycles. The molecule has 0 aliphatic carbocycles. The number of aliphatic hydroxyl groups is 1.